The smallest absolute Gasteiger partial charge is 0.346 e. The summed E-state index contributed by atoms with van der Waals surface area (Å²) in [6.07, 6.45) is 2.32. The van der Waals surface area contributed by atoms with Crippen molar-refractivity contribution in [2.45, 2.75) is 51.6 Å². The van der Waals surface area contributed by atoms with E-state index in [4.69, 9.17) is 14.6 Å². The van der Waals surface area contributed by atoms with E-state index in [1.165, 1.54) is 11.3 Å². The van der Waals surface area contributed by atoms with Crippen LogP contribution in [0, 0.1) is 0 Å². The van der Waals surface area contributed by atoms with Crippen molar-refractivity contribution in [2.24, 2.45) is 0 Å². The van der Waals surface area contributed by atoms with Gasteiger partial charge in [-0.1, -0.05) is 0 Å². The van der Waals surface area contributed by atoms with Gasteiger partial charge in [-0.3, -0.25) is 0 Å². The standard InChI is InChI=1S/C13H18O4S/c1-8-5-11(6-9(2)17-8)16-7-10-3-4-18-12(10)13(14)15/h3-4,8-9,11H,5-7H2,1-2H3,(H,14,15). The largest absolute Gasteiger partial charge is 0.477 e. The topological polar surface area (TPSA) is 55.8 Å². The molecule has 5 heteroatoms. The van der Waals surface area contributed by atoms with Crippen LogP contribution in [0.25, 0.3) is 0 Å². The van der Waals surface area contributed by atoms with E-state index in [0.29, 0.717) is 11.5 Å². The first kappa shape index (κ1) is 13.5. The maximum Gasteiger partial charge on any atom is 0.346 e. The van der Waals surface area contributed by atoms with Gasteiger partial charge in [0.2, 0.25) is 0 Å². The molecule has 4 nitrogen and oxygen atoms in total. The average Bonchev–Trinajstić information content (AvgIpc) is 2.73. The molecule has 2 unspecified atom stereocenters. The highest BCUT2D eigenvalue weighted by atomic mass is 32.1. The lowest BCUT2D eigenvalue weighted by atomic mass is 10.0. The van der Waals surface area contributed by atoms with Crippen LogP contribution in [-0.4, -0.2) is 29.4 Å². The number of hydrogen-bond acceptors (Lipinski definition) is 4. The minimum absolute atomic E-state index is 0.158. The number of carboxylic acid groups (broad SMARTS) is 1. The fourth-order valence-corrected chi connectivity index (χ4v) is 3.07. The third-order valence-corrected chi connectivity index (χ3v) is 4.01. The van der Waals surface area contributed by atoms with Crippen LogP contribution in [0.1, 0.15) is 41.9 Å². The second-order valence-electron chi connectivity index (χ2n) is 4.74. The lowest BCUT2D eigenvalue weighted by molar-refractivity contribution is -0.106. The molecule has 18 heavy (non-hydrogen) atoms. The van der Waals surface area contributed by atoms with Gasteiger partial charge in [-0.05, 0) is 38.1 Å². The molecule has 0 aromatic carbocycles. The highest BCUT2D eigenvalue weighted by Gasteiger charge is 2.25. The van der Waals surface area contributed by atoms with Crippen LogP contribution in [0.5, 0.6) is 0 Å². The minimum Gasteiger partial charge on any atom is -0.477 e. The first-order valence-electron chi connectivity index (χ1n) is 6.13. The van der Waals surface area contributed by atoms with Gasteiger partial charge in [0, 0.05) is 5.56 Å². The van der Waals surface area contributed by atoms with E-state index >= 15 is 0 Å². The number of hydrogen-bond donors (Lipinski definition) is 1. The van der Waals surface area contributed by atoms with Crippen LogP contribution in [-0.2, 0) is 16.1 Å². The van der Waals surface area contributed by atoms with Crippen molar-refractivity contribution in [2.75, 3.05) is 0 Å². The maximum atomic E-state index is 11.0. The SMILES string of the molecule is CC1CC(OCc2ccsc2C(=O)O)CC(C)O1. The Labute approximate surface area is 111 Å². The van der Waals surface area contributed by atoms with E-state index in [2.05, 4.69) is 0 Å². The Morgan fingerprint density at radius 3 is 2.78 bits per heavy atom. The van der Waals surface area contributed by atoms with Crippen molar-refractivity contribution in [3.05, 3.63) is 21.9 Å². The number of rotatable bonds is 4. The molecule has 1 N–H and O–H groups in total. The highest BCUT2D eigenvalue weighted by molar-refractivity contribution is 7.12. The maximum absolute atomic E-state index is 11.0. The summed E-state index contributed by atoms with van der Waals surface area (Å²) in [5.74, 6) is -0.877. The summed E-state index contributed by atoms with van der Waals surface area (Å²) in [6, 6.07) is 1.82. The summed E-state index contributed by atoms with van der Waals surface area (Å²) in [7, 11) is 0. The molecule has 0 bridgehead atoms. The summed E-state index contributed by atoms with van der Waals surface area (Å²) in [6.45, 7) is 4.45. The van der Waals surface area contributed by atoms with Crippen molar-refractivity contribution in [3.8, 4) is 0 Å². The number of aromatic carboxylic acids is 1. The monoisotopic (exact) mass is 270 g/mol. The Morgan fingerprint density at radius 2 is 2.17 bits per heavy atom. The number of ether oxygens (including phenoxy) is 2. The highest BCUT2D eigenvalue weighted by Crippen LogP contribution is 2.24. The number of carboxylic acids is 1. The van der Waals surface area contributed by atoms with Crippen LogP contribution < -0.4 is 0 Å². The van der Waals surface area contributed by atoms with E-state index in [1.54, 1.807) is 5.38 Å². The van der Waals surface area contributed by atoms with E-state index in [-0.39, 0.29) is 18.3 Å². The van der Waals surface area contributed by atoms with Crippen molar-refractivity contribution in [3.63, 3.8) is 0 Å². The molecule has 0 aliphatic carbocycles. The molecule has 2 atom stereocenters. The van der Waals surface area contributed by atoms with E-state index < -0.39 is 5.97 Å². The predicted octanol–water partition coefficient (Wildman–Crippen LogP) is 2.92. The molecular formula is C13H18O4S. The average molecular weight is 270 g/mol. The van der Waals surface area contributed by atoms with Crippen LogP contribution >= 0.6 is 11.3 Å². The molecule has 2 heterocycles. The lowest BCUT2D eigenvalue weighted by Gasteiger charge is -2.31. The van der Waals surface area contributed by atoms with Gasteiger partial charge in [0.05, 0.1) is 24.9 Å². The van der Waals surface area contributed by atoms with Crippen molar-refractivity contribution >= 4 is 17.3 Å². The normalized spacial score (nSPS) is 28.2. The quantitative estimate of drug-likeness (QED) is 0.914. The van der Waals surface area contributed by atoms with E-state index in [0.717, 1.165) is 18.4 Å². The predicted molar refractivity (Wildman–Crippen MR) is 69.1 cm³/mol. The summed E-state index contributed by atoms with van der Waals surface area (Å²) in [4.78, 5) is 11.4. The molecule has 1 aliphatic rings. The van der Waals surface area contributed by atoms with Gasteiger partial charge in [-0.15, -0.1) is 11.3 Å². The van der Waals surface area contributed by atoms with Gasteiger partial charge >= 0.3 is 5.97 Å². The first-order chi connectivity index (χ1) is 8.56. The van der Waals surface area contributed by atoms with Gasteiger partial charge in [0.25, 0.3) is 0 Å². The van der Waals surface area contributed by atoms with Crippen molar-refractivity contribution in [1.82, 2.24) is 0 Å². The Kier molecular flexibility index (Phi) is 4.37. The van der Waals surface area contributed by atoms with Crippen LogP contribution in [0.15, 0.2) is 11.4 Å². The van der Waals surface area contributed by atoms with E-state index in [9.17, 15) is 4.79 Å². The van der Waals surface area contributed by atoms with Crippen molar-refractivity contribution in [1.29, 1.82) is 0 Å². The van der Waals surface area contributed by atoms with Gasteiger partial charge in [-0.25, -0.2) is 4.79 Å². The molecule has 0 spiro atoms. The van der Waals surface area contributed by atoms with Gasteiger partial charge in [-0.2, -0.15) is 0 Å². The molecule has 0 saturated carbocycles. The van der Waals surface area contributed by atoms with Gasteiger partial charge in [0.15, 0.2) is 0 Å². The molecule has 0 amide bonds. The summed E-state index contributed by atoms with van der Waals surface area (Å²) in [5, 5.41) is 10.8. The zero-order valence-corrected chi connectivity index (χ0v) is 11.4. The first-order valence-corrected chi connectivity index (χ1v) is 7.01. The summed E-state index contributed by atoms with van der Waals surface area (Å²) >= 11 is 1.24. The van der Waals surface area contributed by atoms with Gasteiger partial charge in [0.1, 0.15) is 4.88 Å². The molecule has 0 radical (unpaired) electrons. The Bertz CT molecular complexity index is 405. The molecule has 100 valence electrons. The van der Waals surface area contributed by atoms with Crippen LogP contribution in [0.4, 0.5) is 0 Å². The fraction of sp³-hybridized carbons (Fsp3) is 0.615. The third kappa shape index (κ3) is 3.31. The Morgan fingerprint density at radius 1 is 1.50 bits per heavy atom. The fourth-order valence-electron chi connectivity index (χ4n) is 2.33. The molecule has 1 aliphatic heterocycles. The van der Waals surface area contributed by atoms with Crippen LogP contribution in [0.2, 0.25) is 0 Å². The number of thiophene rings is 1. The lowest BCUT2D eigenvalue weighted by Crippen LogP contribution is -2.34. The second-order valence-corrected chi connectivity index (χ2v) is 5.66. The van der Waals surface area contributed by atoms with E-state index in [1.807, 2.05) is 19.9 Å². The second kappa shape index (κ2) is 5.82. The van der Waals surface area contributed by atoms with Crippen LogP contribution in [0.3, 0.4) is 0 Å². The molecule has 1 aromatic rings. The molecule has 2 rings (SSSR count). The molecular weight excluding hydrogens is 252 g/mol. The third-order valence-electron chi connectivity index (χ3n) is 3.07. The van der Waals surface area contributed by atoms with Crippen molar-refractivity contribution < 1.29 is 19.4 Å². The molecule has 1 saturated heterocycles. The zero-order valence-electron chi connectivity index (χ0n) is 10.6. The zero-order chi connectivity index (χ0) is 13.1. The molecule has 1 fully saturated rings. The Hall–Kier alpha value is -0.910. The minimum atomic E-state index is -0.877. The molecule has 1 aromatic heterocycles. The Balaban J connectivity index is 1.91. The summed E-state index contributed by atoms with van der Waals surface area (Å²) < 4.78 is 11.5. The van der Waals surface area contributed by atoms with Gasteiger partial charge < -0.3 is 14.6 Å². The number of carbonyl (C=O) groups is 1. The summed E-state index contributed by atoms with van der Waals surface area (Å²) in [5.41, 5.74) is 0.763.